The predicted octanol–water partition coefficient (Wildman–Crippen LogP) is 1.08. The first-order chi connectivity index (χ1) is 6.72. The number of rotatable bonds is 7. The van der Waals surface area contributed by atoms with Gasteiger partial charge >= 0.3 is 0 Å². The Morgan fingerprint density at radius 2 is 2.14 bits per heavy atom. The Bertz CT molecular complexity index is 152. The van der Waals surface area contributed by atoms with Crippen molar-refractivity contribution in [2.45, 2.75) is 26.2 Å². The summed E-state index contributed by atoms with van der Waals surface area (Å²) >= 11 is 0. The van der Waals surface area contributed by atoms with Crippen LogP contribution in [-0.4, -0.2) is 44.8 Å². The number of nitrogens with two attached hydrogens (primary N) is 1. The van der Waals surface area contributed by atoms with Gasteiger partial charge in [-0.25, -0.2) is 0 Å². The number of hydrogen-bond donors (Lipinski definition) is 1. The minimum atomic E-state index is 0.432. The van der Waals surface area contributed by atoms with Crippen molar-refractivity contribution in [3.63, 3.8) is 0 Å². The summed E-state index contributed by atoms with van der Waals surface area (Å²) in [5, 5.41) is 0. The van der Waals surface area contributed by atoms with Crippen LogP contribution in [0.15, 0.2) is 0 Å². The summed E-state index contributed by atoms with van der Waals surface area (Å²) in [7, 11) is 2.16. The molecule has 1 fully saturated rings. The monoisotopic (exact) mass is 200 g/mol. The van der Waals surface area contributed by atoms with E-state index in [1.807, 2.05) is 6.92 Å². The molecular weight excluding hydrogens is 176 g/mol. The summed E-state index contributed by atoms with van der Waals surface area (Å²) < 4.78 is 5.33. The molecule has 3 nitrogen and oxygen atoms in total. The molecule has 84 valence electrons. The van der Waals surface area contributed by atoms with Crippen LogP contribution < -0.4 is 5.73 Å². The van der Waals surface area contributed by atoms with Crippen LogP contribution in [0.3, 0.4) is 0 Å². The molecule has 0 aliphatic heterocycles. The molecule has 14 heavy (non-hydrogen) atoms. The molecule has 0 unspecified atom stereocenters. The number of hydrogen-bond acceptors (Lipinski definition) is 3. The minimum Gasteiger partial charge on any atom is -0.380 e. The molecule has 0 spiro atoms. The third-order valence-electron chi connectivity index (χ3n) is 3.27. The van der Waals surface area contributed by atoms with Crippen molar-refractivity contribution in [2.75, 3.05) is 39.9 Å². The van der Waals surface area contributed by atoms with E-state index >= 15 is 0 Å². The van der Waals surface area contributed by atoms with E-state index in [-0.39, 0.29) is 0 Å². The SMILES string of the molecule is CCOCCN(C)CC1(CN)CCC1. The van der Waals surface area contributed by atoms with Crippen LogP contribution in [0, 0.1) is 5.41 Å². The maximum atomic E-state index is 5.81. The summed E-state index contributed by atoms with van der Waals surface area (Å²) in [4.78, 5) is 2.35. The summed E-state index contributed by atoms with van der Waals surface area (Å²) in [5.41, 5.74) is 6.25. The number of nitrogens with zero attached hydrogens (tertiary/aromatic N) is 1. The fourth-order valence-corrected chi connectivity index (χ4v) is 2.12. The van der Waals surface area contributed by atoms with Crippen LogP contribution in [0.25, 0.3) is 0 Å². The largest absolute Gasteiger partial charge is 0.380 e. The van der Waals surface area contributed by atoms with Crippen LogP contribution in [0.4, 0.5) is 0 Å². The molecule has 0 bridgehead atoms. The van der Waals surface area contributed by atoms with Crippen LogP contribution in [0.1, 0.15) is 26.2 Å². The van der Waals surface area contributed by atoms with E-state index in [1.165, 1.54) is 19.3 Å². The number of likely N-dealkylation sites (N-methyl/N-ethyl adjacent to an activating group) is 1. The van der Waals surface area contributed by atoms with E-state index in [0.717, 1.165) is 32.8 Å². The lowest BCUT2D eigenvalue weighted by molar-refractivity contribution is 0.0636. The Hall–Kier alpha value is -0.120. The lowest BCUT2D eigenvalue weighted by Crippen LogP contribution is -2.46. The number of ether oxygens (including phenoxy) is 1. The standard InChI is InChI=1S/C11H24N2O/c1-3-14-8-7-13(2)10-11(9-12)5-4-6-11/h3-10,12H2,1-2H3. The van der Waals surface area contributed by atoms with Gasteiger partial charge in [-0.15, -0.1) is 0 Å². The molecule has 0 atom stereocenters. The second-order valence-corrected chi connectivity index (χ2v) is 4.49. The zero-order chi connectivity index (χ0) is 10.4. The van der Waals surface area contributed by atoms with Gasteiger partial charge in [-0.1, -0.05) is 6.42 Å². The van der Waals surface area contributed by atoms with Crippen molar-refractivity contribution in [1.29, 1.82) is 0 Å². The van der Waals surface area contributed by atoms with Gasteiger partial charge in [0.1, 0.15) is 0 Å². The van der Waals surface area contributed by atoms with Crippen molar-refractivity contribution in [2.24, 2.45) is 11.1 Å². The van der Waals surface area contributed by atoms with Crippen molar-refractivity contribution in [1.82, 2.24) is 4.90 Å². The highest BCUT2D eigenvalue weighted by atomic mass is 16.5. The fourth-order valence-electron chi connectivity index (χ4n) is 2.12. The molecule has 1 aliphatic carbocycles. The smallest absolute Gasteiger partial charge is 0.0593 e. The molecule has 0 heterocycles. The van der Waals surface area contributed by atoms with E-state index in [9.17, 15) is 0 Å². The maximum Gasteiger partial charge on any atom is 0.0593 e. The first kappa shape index (κ1) is 12.0. The quantitative estimate of drug-likeness (QED) is 0.625. The van der Waals surface area contributed by atoms with Gasteiger partial charge in [0.05, 0.1) is 6.61 Å². The van der Waals surface area contributed by atoms with Gasteiger partial charge in [-0.3, -0.25) is 0 Å². The van der Waals surface area contributed by atoms with Gasteiger partial charge in [-0.05, 0) is 38.8 Å². The molecular formula is C11H24N2O. The second-order valence-electron chi connectivity index (χ2n) is 4.49. The molecule has 0 aromatic heterocycles. The predicted molar refractivity (Wildman–Crippen MR) is 59.3 cm³/mol. The summed E-state index contributed by atoms with van der Waals surface area (Å²) in [6, 6.07) is 0. The highest BCUT2D eigenvalue weighted by Gasteiger charge is 2.36. The molecule has 0 amide bonds. The Kier molecular flexibility index (Phi) is 4.85. The molecule has 2 N–H and O–H groups in total. The average Bonchev–Trinajstić information content (AvgIpc) is 2.12. The van der Waals surface area contributed by atoms with Crippen molar-refractivity contribution < 1.29 is 4.74 Å². The zero-order valence-electron chi connectivity index (χ0n) is 9.59. The Morgan fingerprint density at radius 1 is 1.43 bits per heavy atom. The Labute approximate surface area is 87.6 Å². The van der Waals surface area contributed by atoms with Gasteiger partial charge in [0, 0.05) is 19.7 Å². The van der Waals surface area contributed by atoms with E-state index in [2.05, 4.69) is 11.9 Å². The first-order valence-electron chi connectivity index (χ1n) is 5.69. The fraction of sp³-hybridized carbons (Fsp3) is 1.00. The van der Waals surface area contributed by atoms with Gasteiger partial charge < -0.3 is 15.4 Å². The van der Waals surface area contributed by atoms with Gasteiger partial charge in [-0.2, -0.15) is 0 Å². The highest BCUT2D eigenvalue weighted by Crippen LogP contribution is 2.40. The van der Waals surface area contributed by atoms with Crippen molar-refractivity contribution in [3.8, 4) is 0 Å². The normalized spacial score (nSPS) is 19.7. The van der Waals surface area contributed by atoms with Gasteiger partial charge in [0.2, 0.25) is 0 Å². The minimum absolute atomic E-state index is 0.432. The average molecular weight is 200 g/mol. The molecule has 0 saturated heterocycles. The molecule has 1 saturated carbocycles. The van der Waals surface area contributed by atoms with Crippen LogP contribution in [0.2, 0.25) is 0 Å². The first-order valence-corrected chi connectivity index (χ1v) is 5.69. The van der Waals surface area contributed by atoms with Crippen LogP contribution in [0.5, 0.6) is 0 Å². The maximum absolute atomic E-state index is 5.81. The van der Waals surface area contributed by atoms with Crippen molar-refractivity contribution >= 4 is 0 Å². The topological polar surface area (TPSA) is 38.5 Å². The van der Waals surface area contributed by atoms with Crippen molar-refractivity contribution in [3.05, 3.63) is 0 Å². The summed E-state index contributed by atoms with van der Waals surface area (Å²) in [6.07, 6.45) is 3.97. The van der Waals surface area contributed by atoms with Gasteiger partial charge in [0.15, 0.2) is 0 Å². The lowest BCUT2D eigenvalue weighted by atomic mass is 9.68. The van der Waals surface area contributed by atoms with E-state index < -0.39 is 0 Å². The lowest BCUT2D eigenvalue weighted by Gasteiger charge is -2.43. The van der Waals surface area contributed by atoms with E-state index in [4.69, 9.17) is 10.5 Å². The second kappa shape index (κ2) is 5.69. The van der Waals surface area contributed by atoms with E-state index in [1.54, 1.807) is 0 Å². The van der Waals surface area contributed by atoms with Crippen LogP contribution in [-0.2, 0) is 4.74 Å². The molecule has 0 radical (unpaired) electrons. The third kappa shape index (κ3) is 3.23. The molecule has 1 rings (SSSR count). The summed E-state index contributed by atoms with van der Waals surface area (Å²) in [6.45, 7) is 6.69. The van der Waals surface area contributed by atoms with Crippen LogP contribution >= 0.6 is 0 Å². The van der Waals surface area contributed by atoms with Gasteiger partial charge in [0.25, 0.3) is 0 Å². The van der Waals surface area contributed by atoms with E-state index in [0.29, 0.717) is 5.41 Å². The Balaban J connectivity index is 2.15. The molecule has 1 aliphatic rings. The zero-order valence-corrected chi connectivity index (χ0v) is 9.59. The highest BCUT2D eigenvalue weighted by molar-refractivity contribution is 4.90. The Morgan fingerprint density at radius 3 is 2.57 bits per heavy atom. The molecule has 0 aromatic carbocycles. The summed E-state index contributed by atoms with van der Waals surface area (Å²) in [5.74, 6) is 0. The molecule has 3 heteroatoms. The molecule has 0 aromatic rings. The third-order valence-corrected chi connectivity index (χ3v) is 3.27.